The van der Waals surface area contributed by atoms with Crippen molar-refractivity contribution in [1.82, 2.24) is 4.98 Å². The summed E-state index contributed by atoms with van der Waals surface area (Å²) in [6.45, 7) is 1.64. The number of halogens is 3. The Morgan fingerprint density at radius 3 is 2.82 bits per heavy atom. The highest BCUT2D eigenvalue weighted by atomic mass is 79.9. The molecule has 17 heavy (non-hydrogen) atoms. The van der Waals surface area contributed by atoms with Gasteiger partial charge in [0, 0.05) is 4.47 Å². The van der Waals surface area contributed by atoms with Gasteiger partial charge in [0.15, 0.2) is 5.69 Å². The quantitative estimate of drug-likeness (QED) is 0.806. The summed E-state index contributed by atoms with van der Waals surface area (Å²) in [5.41, 5.74) is -1.10. The van der Waals surface area contributed by atoms with Crippen molar-refractivity contribution in [2.24, 2.45) is 0 Å². The summed E-state index contributed by atoms with van der Waals surface area (Å²) in [6, 6.07) is 2.83. The lowest BCUT2D eigenvalue weighted by Gasteiger charge is -2.07. The second kappa shape index (κ2) is 5.68. The van der Waals surface area contributed by atoms with Crippen LogP contribution < -0.4 is 0 Å². The number of esters is 1. The number of hydrogen-bond acceptors (Lipinski definition) is 4. The number of carbonyl (C=O) groups excluding carboxylic acids is 1. The first-order valence-corrected chi connectivity index (χ1v) is 5.36. The van der Waals surface area contributed by atoms with Gasteiger partial charge in [0.05, 0.1) is 12.2 Å². The van der Waals surface area contributed by atoms with Crippen molar-refractivity contribution in [3.63, 3.8) is 0 Å². The second-order valence-corrected chi connectivity index (χ2v) is 3.74. The maximum absolute atomic E-state index is 12.6. The van der Waals surface area contributed by atoms with Gasteiger partial charge in [-0.3, -0.25) is 0 Å². The highest BCUT2D eigenvalue weighted by Crippen LogP contribution is 2.27. The molecular weight excluding hydrogens is 298 g/mol. The first-order chi connectivity index (χ1) is 8.01. The number of alkyl halides is 2. The maximum atomic E-state index is 12.6. The van der Waals surface area contributed by atoms with Gasteiger partial charge in [-0.25, -0.2) is 18.6 Å². The summed E-state index contributed by atoms with van der Waals surface area (Å²) < 4.78 is 29.7. The third kappa shape index (κ3) is 2.97. The number of hydrogen-bond donors (Lipinski definition) is 0. The standard InChI is InChI=1S/C10H7BrF2N2O2/c1-2-17-10(16)7-5(4-14)3-6(11)8(15-7)9(12)13/h3,9H,2H2,1H3. The third-order valence-corrected chi connectivity index (χ3v) is 2.43. The van der Waals surface area contributed by atoms with Gasteiger partial charge in [0.1, 0.15) is 11.8 Å². The average Bonchev–Trinajstić information content (AvgIpc) is 2.28. The highest BCUT2D eigenvalue weighted by Gasteiger charge is 2.22. The van der Waals surface area contributed by atoms with Gasteiger partial charge in [0.2, 0.25) is 0 Å². The topological polar surface area (TPSA) is 63.0 Å². The van der Waals surface area contributed by atoms with E-state index in [1.54, 1.807) is 13.0 Å². The Balaban J connectivity index is 3.32. The highest BCUT2D eigenvalue weighted by molar-refractivity contribution is 9.10. The van der Waals surface area contributed by atoms with Crippen LogP contribution in [0.25, 0.3) is 0 Å². The Labute approximate surface area is 104 Å². The Kier molecular flexibility index (Phi) is 4.52. The fourth-order valence-electron chi connectivity index (χ4n) is 1.10. The fraction of sp³-hybridized carbons (Fsp3) is 0.300. The van der Waals surface area contributed by atoms with Crippen molar-refractivity contribution in [1.29, 1.82) is 5.26 Å². The van der Waals surface area contributed by atoms with E-state index in [9.17, 15) is 13.6 Å². The van der Waals surface area contributed by atoms with Crippen LogP contribution in [0.1, 0.15) is 35.1 Å². The molecule has 0 aliphatic rings. The molecule has 0 spiro atoms. The van der Waals surface area contributed by atoms with Crippen LogP contribution in [0, 0.1) is 11.3 Å². The van der Waals surface area contributed by atoms with Crippen LogP contribution in [0.15, 0.2) is 10.5 Å². The minimum Gasteiger partial charge on any atom is -0.461 e. The van der Waals surface area contributed by atoms with Crippen molar-refractivity contribution < 1.29 is 18.3 Å². The molecule has 0 aliphatic carbocycles. The lowest BCUT2D eigenvalue weighted by molar-refractivity contribution is 0.0517. The van der Waals surface area contributed by atoms with Gasteiger partial charge in [-0.15, -0.1) is 0 Å². The van der Waals surface area contributed by atoms with Crippen LogP contribution in [0.4, 0.5) is 8.78 Å². The zero-order valence-corrected chi connectivity index (χ0v) is 10.3. The molecule has 1 aromatic rings. The van der Waals surface area contributed by atoms with E-state index in [0.29, 0.717) is 0 Å². The van der Waals surface area contributed by atoms with E-state index < -0.39 is 23.8 Å². The molecule has 0 aromatic carbocycles. The summed E-state index contributed by atoms with van der Waals surface area (Å²) in [6.07, 6.45) is -2.84. The fourth-order valence-corrected chi connectivity index (χ4v) is 1.59. The van der Waals surface area contributed by atoms with Crippen molar-refractivity contribution in [2.45, 2.75) is 13.3 Å². The van der Waals surface area contributed by atoms with E-state index in [1.807, 2.05) is 0 Å². The van der Waals surface area contributed by atoms with Gasteiger partial charge < -0.3 is 4.74 Å². The molecular formula is C10H7BrF2N2O2. The second-order valence-electron chi connectivity index (χ2n) is 2.88. The molecule has 4 nitrogen and oxygen atoms in total. The van der Waals surface area contributed by atoms with E-state index >= 15 is 0 Å². The molecule has 0 saturated heterocycles. The van der Waals surface area contributed by atoms with Crippen LogP contribution in [0.3, 0.4) is 0 Å². The smallest absolute Gasteiger partial charge is 0.358 e. The SMILES string of the molecule is CCOC(=O)c1nc(C(F)F)c(Br)cc1C#N. The van der Waals surface area contributed by atoms with Gasteiger partial charge >= 0.3 is 5.97 Å². The lowest BCUT2D eigenvalue weighted by atomic mass is 10.2. The first kappa shape index (κ1) is 13.5. The van der Waals surface area contributed by atoms with Crippen LogP contribution in [0.5, 0.6) is 0 Å². The number of aromatic nitrogens is 1. The van der Waals surface area contributed by atoms with Crippen LogP contribution >= 0.6 is 15.9 Å². The van der Waals surface area contributed by atoms with Gasteiger partial charge in [0.25, 0.3) is 6.43 Å². The Morgan fingerprint density at radius 2 is 2.35 bits per heavy atom. The Hall–Kier alpha value is -1.55. The summed E-state index contributed by atoms with van der Waals surface area (Å²) >= 11 is 2.87. The molecule has 0 radical (unpaired) electrons. The van der Waals surface area contributed by atoms with Crippen molar-refractivity contribution >= 4 is 21.9 Å². The molecule has 0 saturated carbocycles. The van der Waals surface area contributed by atoms with Crippen molar-refractivity contribution in [3.8, 4) is 6.07 Å². The molecule has 0 fully saturated rings. The number of nitrogens with zero attached hydrogens (tertiary/aromatic N) is 2. The van der Waals surface area contributed by atoms with Crippen molar-refractivity contribution in [3.05, 3.63) is 27.5 Å². The zero-order valence-electron chi connectivity index (χ0n) is 8.71. The number of pyridine rings is 1. The molecule has 0 amide bonds. The molecule has 0 N–H and O–H groups in total. The average molecular weight is 305 g/mol. The largest absolute Gasteiger partial charge is 0.461 e. The molecule has 0 atom stereocenters. The lowest BCUT2D eigenvalue weighted by Crippen LogP contribution is -2.11. The predicted octanol–water partition coefficient (Wildman–Crippen LogP) is 2.83. The minimum atomic E-state index is -2.84. The summed E-state index contributed by atoms with van der Waals surface area (Å²) in [5.74, 6) is -0.890. The van der Waals surface area contributed by atoms with E-state index in [4.69, 9.17) is 5.26 Å². The monoisotopic (exact) mass is 304 g/mol. The van der Waals surface area contributed by atoms with Crippen LogP contribution in [-0.4, -0.2) is 17.6 Å². The van der Waals surface area contributed by atoms with Crippen molar-refractivity contribution in [2.75, 3.05) is 6.61 Å². The van der Waals surface area contributed by atoms with E-state index in [2.05, 4.69) is 25.7 Å². The molecule has 0 aliphatic heterocycles. The van der Waals surface area contributed by atoms with Gasteiger partial charge in [-0.2, -0.15) is 5.26 Å². The number of rotatable bonds is 3. The molecule has 1 heterocycles. The third-order valence-electron chi connectivity index (χ3n) is 1.80. The zero-order chi connectivity index (χ0) is 13.0. The van der Waals surface area contributed by atoms with Crippen LogP contribution in [-0.2, 0) is 4.74 Å². The van der Waals surface area contributed by atoms with Crippen LogP contribution in [0.2, 0.25) is 0 Å². The molecule has 1 rings (SSSR count). The Bertz CT molecular complexity index is 486. The van der Waals surface area contributed by atoms with Gasteiger partial charge in [-0.1, -0.05) is 0 Å². The summed E-state index contributed by atoms with van der Waals surface area (Å²) in [7, 11) is 0. The summed E-state index contributed by atoms with van der Waals surface area (Å²) in [4.78, 5) is 14.9. The number of nitriles is 1. The van der Waals surface area contributed by atoms with E-state index in [1.165, 1.54) is 0 Å². The maximum Gasteiger partial charge on any atom is 0.358 e. The Morgan fingerprint density at radius 1 is 1.71 bits per heavy atom. The number of ether oxygens (including phenoxy) is 1. The minimum absolute atomic E-state index is 0.0166. The summed E-state index contributed by atoms with van der Waals surface area (Å²) in [5, 5.41) is 8.78. The first-order valence-electron chi connectivity index (χ1n) is 4.57. The number of carbonyl (C=O) groups is 1. The molecule has 1 aromatic heterocycles. The predicted molar refractivity (Wildman–Crippen MR) is 57.6 cm³/mol. The normalized spacial score (nSPS) is 10.1. The van der Waals surface area contributed by atoms with E-state index in [-0.39, 0.29) is 16.6 Å². The van der Waals surface area contributed by atoms with Gasteiger partial charge in [-0.05, 0) is 28.9 Å². The molecule has 0 bridgehead atoms. The molecule has 0 unspecified atom stereocenters. The molecule has 90 valence electrons. The molecule has 7 heteroatoms. The van der Waals surface area contributed by atoms with E-state index in [0.717, 1.165) is 6.07 Å².